The summed E-state index contributed by atoms with van der Waals surface area (Å²) >= 11 is 3.13. The van der Waals surface area contributed by atoms with Crippen LogP contribution in [0.25, 0.3) is 0 Å². The standard InChI is InChI=1S/C6H6F4I2/c7-5(8,1-3-11)6(9,10)2-4-12/h1,3H,2,4H2. The molecule has 0 aromatic rings. The van der Waals surface area contributed by atoms with Crippen molar-refractivity contribution in [1.29, 1.82) is 0 Å². The van der Waals surface area contributed by atoms with E-state index in [1.165, 1.54) is 22.6 Å². The van der Waals surface area contributed by atoms with Crippen LogP contribution in [0.5, 0.6) is 0 Å². The molecule has 0 aromatic heterocycles. The fourth-order valence-electron chi connectivity index (χ4n) is 0.486. The average Bonchev–Trinajstić information content (AvgIpc) is 1.86. The molecule has 0 spiro atoms. The van der Waals surface area contributed by atoms with Crippen LogP contribution in [0.1, 0.15) is 6.42 Å². The minimum absolute atomic E-state index is 0.00936. The SMILES string of the molecule is FC(F)(C=CI)C(F)(F)CCI. The maximum absolute atomic E-state index is 12.6. The maximum Gasteiger partial charge on any atom is 0.329 e. The summed E-state index contributed by atoms with van der Waals surface area (Å²) in [6, 6.07) is 0. The fourth-order valence-corrected chi connectivity index (χ4v) is 1.62. The second kappa shape index (κ2) is 4.97. The number of alkyl halides is 5. The smallest absolute Gasteiger partial charge is 0.199 e. The van der Waals surface area contributed by atoms with E-state index in [1.807, 2.05) is 0 Å². The highest BCUT2D eigenvalue weighted by atomic mass is 127. The van der Waals surface area contributed by atoms with Crippen molar-refractivity contribution in [3.63, 3.8) is 0 Å². The zero-order chi connectivity index (χ0) is 9.83. The number of allylic oxidation sites excluding steroid dienone is 1. The highest BCUT2D eigenvalue weighted by molar-refractivity contribution is 14.1. The molecule has 0 unspecified atom stereocenters. The monoisotopic (exact) mass is 408 g/mol. The van der Waals surface area contributed by atoms with Crippen molar-refractivity contribution in [3.8, 4) is 0 Å². The van der Waals surface area contributed by atoms with Gasteiger partial charge in [0.05, 0.1) is 0 Å². The van der Waals surface area contributed by atoms with Crippen LogP contribution in [0.15, 0.2) is 10.2 Å². The molecule has 0 fully saturated rings. The van der Waals surface area contributed by atoms with Crippen molar-refractivity contribution < 1.29 is 17.6 Å². The zero-order valence-electron chi connectivity index (χ0n) is 5.84. The molecule has 0 rings (SSSR count). The first-order valence-electron chi connectivity index (χ1n) is 2.97. The second-order valence-electron chi connectivity index (χ2n) is 2.06. The Balaban J connectivity index is 4.50. The van der Waals surface area contributed by atoms with Gasteiger partial charge >= 0.3 is 11.8 Å². The van der Waals surface area contributed by atoms with E-state index in [9.17, 15) is 17.6 Å². The van der Waals surface area contributed by atoms with Gasteiger partial charge < -0.3 is 0 Å². The van der Waals surface area contributed by atoms with Crippen molar-refractivity contribution in [2.24, 2.45) is 0 Å². The van der Waals surface area contributed by atoms with E-state index < -0.39 is 18.3 Å². The van der Waals surface area contributed by atoms with Crippen LogP contribution in [0.3, 0.4) is 0 Å². The summed E-state index contributed by atoms with van der Waals surface area (Å²) in [5.74, 6) is -7.96. The van der Waals surface area contributed by atoms with E-state index in [0.29, 0.717) is 0 Å². The summed E-state index contributed by atoms with van der Waals surface area (Å²) in [5.41, 5.74) is 0. The summed E-state index contributed by atoms with van der Waals surface area (Å²) in [6.45, 7) is 0. The van der Waals surface area contributed by atoms with Crippen LogP contribution in [0, 0.1) is 0 Å². The van der Waals surface area contributed by atoms with Gasteiger partial charge in [0.25, 0.3) is 0 Å². The Kier molecular flexibility index (Phi) is 5.35. The lowest BCUT2D eigenvalue weighted by atomic mass is 10.1. The van der Waals surface area contributed by atoms with Crippen LogP contribution < -0.4 is 0 Å². The van der Waals surface area contributed by atoms with Gasteiger partial charge in [-0.25, -0.2) is 0 Å². The van der Waals surface area contributed by atoms with Gasteiger partial charge in [0, 0.05) is 10.8 Å². The molecule has 0 N–H and O–H groups in total. The van der Waals surface area contributed by atoms with Crippen LogP contribution in [0.2, 0.25) is 0 Å². The topological polar surface area (TPSA) is 0 Å². The first kappa shape index (κ1) is 12.9. The largest absolute Gasteiger partial charge is 0.329 e. The van der Waals surface area contributed by atoms with Gasteiger partial charge in [0.2, 0.25) is 0 Å². The average molecular weight is 408 g/mol. The Labute approximate surface area is 95.1 Å². The minimum Gasteiger partial charge on any atom is -0.199 e. The first-order chi connectivity index (χ1) is 5.37. The van der Waals surface area contributed by atoms with Crippen LogP contribution >= 0.6 is 45.2 Å². The minimum atomic E-state index is -4.03. The van der Waals surface area contributed by atoms with Gasteiger partial charge in [-0.05, 0) is 10.2 Å². The number of hydrogen-bond acceptors (Lipinski definition) is 0. The normalized spacial score (nSPS) is 14.2. The quantitative estimate of drug-likeness (QED) is 0.375. The van der Waals surface area contributed by atoms with Gasteiger partial charge in [-0.1, -0.05) is 45.2 Å². The Morgan fingerprint density at radius 2 is 1.67 bits per heavy atom. The number of hydrogen-bond donors (Lipinski definition) is 0. The number of rotatable bonds is 4. The van der Waals surface area contributed by atoms with E-state index in [-0.39, 0.29) is 10.5 Å². The molecule has 0 aromatic carbocycles. The molecule has 0 saturated heterocycles. The lowest BCUT2D eigenvalue weighted by Gasteiger charge is -2.22. The second-order valence-corrected chi connectivity index (χ2v) is 3.86. The fraction of sp³-hybridized carbons (Fsp3) is 0.667. The highest BCUT2D eigenvalue weighted by Crippen LogP contribution is 2.38. The van der Waals surface area contributed by atoms with Crippen molar-refractivity contribution in [3.05, 3.63) is 10.2 Å². The molecular weight excluding hydrogens is 402 g/mol. The highest BCUT2D eigenvalue weighted by Gasteiger charge is 2.53. The predicted molar refractivity (Wildman–Crippen MR) is 56.6 cm³/mol. The van der Waals surface area contributed by atoms with Gasteiger partial charge in [-0.15, -0.1) is 0 Å². The molecular formula is C6H6F4I2. The molecule has 0 nitrogen and oxygen atoms in total. The third-order valence-electron chi connectivity index (χ3n) is 1.17. The first-order valence-corrected chi connectivity index (χ1v) is 5.74. The summed E-state index contributed by atoms with van der Waals surface area (Å²) < 4.78 is 51.2. The Hall–Kier alpha value is 0.920. The molecule has 0 atom stereocenters. The molecule has 0 heterocycles. The summed E-state index contributed by atoms with van der Waals surface area (Å²) in [4.78, 5) is 0. The molecule has 0 amide bonds. The third-order valence-corrected chi connectivity index (χ3v) is 2.07. The Morgan fingerprint density at radius 1 is 1.17 bits per heavy atom. The van der Waals surface area contributed by atoms with Crippen LogP contribution in [-0.2, 0) is 0 Å². The molecule has 0 bridgehead atoms. The molecule has 72 valence electrons. The van der Waals surface area contributed by atoms with E-state index in [1.54, 1.807) is 22.6 Å². The molecule has 6 heteroatoms. The lowest BCUT2D eigenvalue weighted by Crippen LogP contribution is -2.38. The van der Waals surface area contributed by atoms with Crippen molar-refractivity contribution in [2.45, 2.75) is 18.3 Å². The van der Waals surface area contributed by atoms with E-state index in [2.05, 4.69) is 0 Å². The number of halogens is 6. The van der Waals surface area contributed by atoms with Crippen LogP contribution in [-0.4, -0.2) is 16.3 Å². The molecule has 0 aliphatic carbocycles. The summed E-state index contributed by atoms with van der Waals surface area (Å²) in [7, 11) is 0. The van der Waals surface area contributed by atoms with Gasteiger partial charge in [0.1, 0.15) is 0 Å². The molecule has 0 aliphatic heterocycles. The van der Waals surface area contributed by atoms with Crippen molar-refractivity contribution in [1.82, 2.24) is 0 Å². The zero-order valence-corrected chi connectivity index (χ0v) is 10.2. The molecule has 0 radical (unpaired) electrons. The van der Waals surface area contributed by atoms with Gasteiger partial charge in [-0.3, -0.25) is 0 Å². The summed E-state index contributed by atoms with van der Waals surface area (Å²) in [6.07, 6.45) is -0.582. The van der Waals surface area contributed by atoms with E-state index in [0.717, 1.165) is 4.08 Å². The van der Waals surface area contributed by atoms with Gasteiger partial charge in [-0.2, -0.15) is 17.6 Å². The molecule has 0 saturated carbocycles. The van der Waals surface area contributed by atoms with Crippen LogP contribution in [0.4, 0.5) is 17.6 Å². The van der Waals surface area contributed by atoms with E-state index in [4.69, 9.17) is 0 Å². The van der Waals surface area contributed by atoms with Gasteiger partial charge in [0.15, 0.2) is 0 Å². The Bertz CT molecular complexity index is 167. The Morgan fingerprint density at radius 3 is 2.00 bits per heavy atom. The third kappa shape index (κ3) is 3.35. The molecule has 12 heavy (non-hydrogen) atoms. The van der Waals surface area contributed by atoms with Crippen molar-refractivity contribution in [2.75, 3.05) is 4.43 Å². The maximum atomic E-state index is 12.6. The molecule has 0 aliphatic rings. The van der Waals surface area contributed by atoms with Crippen molar-refractivity contribution >= 4 is 45.2 Å². The van der Waals surface area contributed by atoms with E-state index >= 15 is 0 Å². The predicted octanol–water partition coefficient (Wildman–Crippen LogP) is 4.03. The summed E-state index contributed by atoms with van der Waals surface area (Å²) in [5, 5.41) is 0. The lowest BCUT2D eigenvalue weighted by molar-refractivity contribution is -0.179.